The van der Waals surface area contributed by atoms with Gasteiger partial charge in [0.05, 0.1) is 6.54 Å². The van der Waals surface area contributed by atoms with Gasteiger partial charge < -0.3 is 10.2 Å². The molecular formula is C22H23FN2S2. The third-order valence-corrected chi connectivity index (χ3v) is 5.69. The van der Waals surface area contributed by atoms with Crippen LogP contribution in [-0.4, -0.2) is 16.6 Å². The first-order valence-electron chi connectivity index (χ1n) is 8.96. The highest BCUT2D eigenvalue weighted by molar-refractivity contribution is 7.80. The van der Waals surface area contributed by atoms with Gasteiger partial charge in [-0.1, -0.05) is 42.5 Å². The van der Waals surface area contributed by atoms with Gasteiger partial charge in [0, 0.05) is 22.8 Å². The predicted octanol–water partition coefficient (Wildman–Crippen LogP) is 5.32. The van der Waals surface area contributed by atoms with Gasteiger partial charge in [0.25, 0.3) is 0 Å². The minimum absolute atomic E-state index is 0.223. The zero-order valence-corrected chi connectivity index (χ0v) is 17.0. The van der Waals surface area contributed by atoms with Crippen molar-refractivity contribution in [2.75, 3.05) is 6.54 Å². The van der Waals surface area contributed by atoms with E-state index in [9.17, 15) is 4.39 Å². The normalized spacial score (nSPS) is 10.6. The van der Waals surface area contributed by atoms with Crippen LogP contribution in [0.2, 0.25) is 0 Å². The number of benzene rings is 2. The summed E-state index contributed by atoms with van der Waals surface area (Å²) in [5, 5.41) is 4.04. The standard InChI is InChI=1S/C22H23FN2S2/c1-17-7-12-21(27-17)16-25(14-13-18-5-3-2-4-6-18)22(26)24-15-19-8-10-20(23)11-9-19/h2-12H,13-16H2,1H3,(H,24,26). The Kier molecular flexibility index (Phi) is 6.96. The number of aryl methyl sites for hydroxylation is 1. The third-order valence-electron chi connectivity index (χ3n) is 4.30. The fourth-order valence-electron chi connectivity index (χ4n) is 2.81. The van der Waals surface area contributed by atoms with Gasteiger partial charge in [0.2, 0.25) is 0 Å². The first-order chi connectivity index (χ1) is 13.1. The first-order valence-corrected chi connectivity index (χ1v) is 10.2. The summed E-state index contributed by atoms with van der Waals surface area (Å²) in [4.78, 5) is 4.81. The molecule has 0 radical (unpaired) electrons. The molecule has 0 bridgehead atoms. The number of hydrogen-bond donors (Lipinski definition) is 1. The van der Waals surface area contributed by atoms with E-state index in [0.717, 1.165) is 30.2 Å². The number of hydrogen-bond acceptors (Lipinski definition) is 2. The molecular weight excluding hydrogens is 375 g/mol. The summed E-state index contributed by atoms with van der Waals surface area (Å²) in [7, 11) is 0. The highest BCUT2D eigenvalue weighted by Gasteiger charge is 2.12. The van der Waals surface area contributed by atoms with Gasteiger partial charge in [-0.15, -0.1) is 11.3 Å². The minimum Gasteiger partial charge on any atom is -0.358 e. The molecule has 2 nitrogen and oxygen atoms in total. The van der Waals surface area contributed by atoms with E-state index in [1.807, 2.05) is 6.07 Å². The second kappa shape index (κ2) is 9.62. The largest absolute Gasteiger partial charge is 0.358 e. The van der Waals surface area contributed by atoms with E-state index in [-0.39, 0.29) is 5.82 Å². The molecule has 5 heteroatoms. The zero-order chi connectivity index (χ0) is 19.1. The molecule has 3 rings (SSSR count). The van der Waals surface area contributed by atoms with Gasteiger partial charge in [0.1, 0.15) is 5.82 Å². The quantitative estimate of drug-likeness (QED) is 0.543. The van der Waals surface area contributed by atoms with Gasteiger partial charge in [-0.05, 0) is 61.0 Å². The molecule has 1 N–H and O–H groups in total. The van der Waals surface area contributed by atoms with Crippen molar-refractivity contribution in [3.63, 3.8) is 0 Å². The zero-order valence-electron chi connectivity index (χ0n) is 15.3. The van der Waals surface area contributed by atoms with Gasteiger partial charge in [-0.2, -0.15) is 0 Å². The Bertz CT molecular complexity index is 860. The van der Waals surface area contributed by atoms with Crippen LogP contribution in [0.3, 0.4) is 0 Å². The lowest BCUT2D eigenvalue weighted by Gasteiger charge is -2.25. The van der Waals surface area contributed by atoms with E-state index in [0.29, 0.717) is 6.54 Å². The third kappa shape index (κ3) is 6.15. The van der Waals surface area contributed by atoms with Gasteiger partial charge in [-0.3, -0.25) is 0 Å². The van der Waals surface area contributed by atoms with Crippen molar-refractivity contribution in [3.8, 4) is 0 Å². The van der Waals surface area contributed by atoms with Crippen LogP contribution in [0.25, 0.3) is 0 Å². The highest BCUT2D eigenvalue weighted by Crippen LogP contribution is 2.18. The molecule has 1 aromatic heterocycles. The molecule has 0 saturated carbocycles. The molecule has 27 heavy (non-hydrogen) atoms. The van der Waals surface area contributed by atoms with Crippen LogP contribution in [-0.2, 0) is 19.5 Å². The Morgan fingerprint density at radius 1 is 1.00 bits per heavy atom. The monoisotopic (exact) mass is 398 g/mol. The van der Waals surface area contributed by atoms with Crippen molar-refractivity contribution in [1.82, 2.24) is 10.2 Å². The van der Waals surface area contributed by atoms with Crippen molar-refractivity contribution in [3.05, 3.63) is 93.4 Å². The van der Waals surface area contributed by atoms with Crippen molar-refractivity contribution in [2.45, 2.75) is 26.4 Å². The predicted molar refractivity (Wildman–Crippen MR) is 115 cm³/mol. The van der Waals surface area contributed by atoms with Crippen LogP contribution in [0.1, 0.15) is 20.9 Å². The summed E-state index contributed by atoms with van der Waals surface area (Å²) < 4.78 is 13.1. The molecule has 2 aromatic carbocycles. The second-order valence-electron chi connectivity index (χ2n) is 6.45. The maximum absolute atomic E-state index is 13.1. The van der Waals surface area contributed by atoms with Crippen LogP contribution in [0, 0.1) is 12.7 Å². The molecule has 0 aliphatic heterocycles. The number of thiocarbonyl (C=S) groups is 1. The van der Waals surface area contributed by atoms with Gasteiger partial charge in [0.15, 0.2) is 5.11 Å². The average molecular weight is 399 g/mol. The molecule has 0 saturated heterocycles. The lowest BCUT2D eigenvalue weighted by Crippen LogP contribution is -2.40. The maximum atomic E-state index is 13.1. The van der Waals surface area contributed by atoms with E-state index < -0.39 is 0 Å². The molecule has 0 aliphatic carbocycles. The lowest BCUT2D eigenvalue weighted by atomic mass is 10.1. The Hall–Kier alpha value is -2.24. The number of nitrogens with one attached hydrogen (secondary N) is 1. The van der Waals surface area contributed by atoms with E-state index >= 15 is 0 Å². The maximum Gasteiger partial charge on any atom is 0.169 e. The smallest absolute Gasteiger partial charge is 0.169 e. The lowest BCUT2D eigenvalue weighted by molar-refractivity contribution is 0.412. The Morgan fingerprint density at radius 3 is 2.41 bits per heavy atom. The Morgan fingerprint density at radius 2 is 1.74 bits per heavy atom. The summed E-state index contributed by atoms with van der Waals surface area (Å²) in [6.45, 7) is 4.34. The second-order valence-corrected chi connectivity index (χ2v) is 8.21. The van der Waals surface area contributed by atoms with Gasteiger partial charge in [-0.25, -0.2) is 4.39 Å². The number of nitrogens with zero attached hydrogens (tertiary/aromatic N) is 1. The summed E-state index contributed by atoms with van der Waals surface area (Å²) in [5.41, 5.74) is 2.31. The van der Waals surface area contributed by atoms with Crippen LogP contribution in [0.15, 0.2) is 66.7 Å². The van der Waals surface area contributed by atoms with Crippen molar-refractivity contribution >= 4 is 28.7 Å². The Labute approximate surface area is 169 Å². The summed E-state index contributed by atoms with van der Waals surface area (Å²) >= 11 is 7.47. The van der Waals surface area contributed by atoms with E-state index in [2.05, 4.69) is 53.5 Å². The van der Waals surface area contributed by atoms with E-state index in [1.54, 1.807) is 23.5 Å². The molecule has 0 spiro atoms. The summed E-state index contributed by atoms with van der Waals surface area (Å²) in [6, 6.07) is 21.3. The summed E-state index contributed by atoms with van der Waals surface area (Å²) in [6.07, 6.45) is 0.934. The topological polar surface area (TPSA) is 15.3 Å². The van der Waals surface area contributed by atoms with Crippen LogP contribution >= 0.6 is 23.6 Å². The fourth-order valence-corrected chi connectivity index (χ4v) is 3.95. The number of rotatable bonds is 7. The molecule has 0 aliphatic rings. The fraction of sp³-hybridized carbons (Fsp3) is 0.227. The van der Waals surface area contributed by atoms with E-state index in [4.69, 9.17) is 12.2 Å². The SMILES string of the molecule is Cc1ccc(CN(CCc2ccccc2)C(=S)NCc2ccc(F)cc2)s1. The van der Waals surface area contributed by atoms with Gasteiger partial charge >= 0.3 is 0 Å². The van der Waals surface area contributed by atoms with Crippen LogP contribution in [0.4, 0.5) is 4.39 Å². The average Bonchev–Trinajstić information content (AvgIpc) is 3.10. The molecule has 0 fully saturated rings. The molecule has 1 heterocycles. The summed E-state index contributed by atoms with van der Waals surface area (Å²) in [5.74, 6) is -0.223. The molecule has 3 aromatic rings. The molecule has 0 amide bonds. The van der Waals surface area contributed by atoms with E-state index in [1.165, 1.54) is 27.5 Å². The molecule has 140 valence electrons. The van der Waals surface area contributed by atoms with Crippen LogP contribution < -0.4 is 5.32 Å². The van der Waals surface area contributed by atoms with Crippen molar-refractivity contribution in [1.29, 1.82) is 0 Å². The number of thiophene rings is 1. The Balaban J connectivity index is 1.63. The number of halogens is 1. The van der Waals surface area contributed by atoms with Crippen LogP contribution in [0.5, 0.6) is 0 Å². The first kappa shape index (κ1) is 19.5. The minimum atomic E-state index is -0.223. The molecule has 0 unspecified atom stereocenters. The van der Waals surface area contributed by atoms with Crippen molar-refractivity contribution in [2.24, 2.45) is 0 Å². The van der Waals surface area contributed by atoms with Crippen molar-refractivity contribution < 1.29 is 4.39 Å². The molecule has 0 atom stereocenters. The highest BCUT2D eigenvalue weighted by atomic mass is 32.1.